The summed E-state index contributed by atoms with van der Waals surface area (Å²) < 4.78 is 52.8. The molecule has 0 fully saturated rings. The molecule has 0 unspecified atom stereocenters. The summed E-state index contributed by atoms with van der Waals surface area (Å²) in [5, 5.41) is 2.84. The fourth-order valence-corrected chi connectivity index (χ4v) is 4.90. The molecular weight excluding hydrogens is 443 g/mol. The molecule has 0 bridgehead atoms. The van der Waals surface area contributed by atoms with Crippen molar-refractivity contribution in [2.24, 2.45) is 0 Å². The van der Waals surface area contributed by atoms with E-state index < -0.39 is 38.7 Å². The van der Waals surface area contributed by atoms with Gasteiger partial charge in [0.1, 0.15) is 30.0 Å². The van der Waals surface area contributed by atoms with Crippen LogP contribution in [-0.4, -0.2) is 45.6 Å². The van der Waals surface area contributed by atoms with Gasteiger partial charge in [0.15, 0.2) is 11.5 Å². The minimum atomic E-state index is -4.21. The predicted octanol–water partition coefficient (Wildman–Crippen LogP) is 2.87. The number of hydrogen-bond donors (Lipinski definition) is 2. The molecule has 3 rings (SSSR count). The molecule has 1 amide bonds. The summed E-state index contributed by atoms with van der Waals surface area (Å²) in [5.41, 5.74) is 0.790. The Labute approximate surface area is 185 Å². The third-order valence-corrected chi connectivity index (χ3v) is 6.92. The molecule has 31 heavy (non-hydrogen) atoms. The van der Waals surface area contributed by atoms with Crippen LogP contribution in [0.4, 0.5) is 4.39 Å². The fourth-order valence-electron chi connectivity index (χ4n) is 3.12. The van der Waals surface area contributed by atoms with Crippen LogP contribution in [0.3, 0.4) is 0 Å². The minimum Gasteiger partial charge on any atom is -0.486 e. The highest BCUT2D eigenvalue weighted by Gasteiger charge is 2.28. The Morgan fingerprint density at radius 2 is 1.87 bits per heavy atom. The molecule has 1 aliphatic heterocycles. The number of halogens is 1. The molecule has 0 aliphatic carbocycles. The second kappa shape index (κ2) is 10.3. The van der Waals surface area contributed by atoms with Crippen molar-refractivity contribution in [3.05, 3.63) is 53.8 Å². The quantitative estimate of drug-likeness (QED) is 0.588. The van der Waals surface area contributed by atoms with Gasteiger partial charge in [0.05, 0.1) is 6.04 Å². The minimum absolute atomic E-state index is 0.258. The Hall–Kier alpha value is -2.30. The molecular formula is C21H25FN2O5S2. The van der Waals surface area contributed by atoms with Gasteiger partial charge in [-0.15, -0.1) is 0 Å². The van der Waals surface area contributed by atoms with Gasteiger partial charge in [0.2, 0.25) is 15.9 Å². The van der Waals surface area contributed by atoms with E-state index in [1.54, 1.807) is 19.1 Å². The molecule has 2 aromatic rings. The van der Waals surface area contributed by atoms with Crippen LogP contribution < -0.4 is 19.5 Å². The third kappa shape index (κ3) is 5.90. The van der Waals surface area contributed by atoms with Crippen molar-refractivity contribution < 1.29 is 27.1 Å². The average molecular weight is 469 g/mol. The monoisotopic (exact) mass is 468 g/mol. The molecule has 0 saturated carbocycles. The van der Waals surface area contributed by atoms with Crippen LogP contribution in [0.15, 0.2) is 47.4 Å². The summed E-state index contributed by atoms with van der Waals surface area (Å²) in [5.74, 6) is 0.434. The van der Waals surface area contributed by atoms with Gasteiger partial charge in [0.25, 0.3) is 0 Å². The van der Waals surface area contributed by atoms with E-state index in [-0.39, 0.29) is 6.42 Å². The van der Waals surface area contributed by atoms with E-state index in [0.29, 0.717) is 30.5 Å². The largest absolute Gasteiger partial charge is 0.486 e. The van der Waals surface area contributed by atoms with Crippen LogP contribution in [0.25, 0.3) is 0 Å². The summed E-state index contributed by atoms with van der Waals surface area (Å²) >= 11 is 1.48. The van der Waals surface area contributed by atoms with Gasteiger partial charge in [-0.2, -0.15) is 16.5 Å². The first-order valence-corrected chi connectivity index (χ1v) is 12.6. The number of carbonyl (C=O) groups is 1. The van der Waals surface area contributed by atoms with Crippen molar-refractivity contribution in [3.8, 4) is 11.5 Å². The Morgan fingerprint density at radius 3 is 2.58 bits per heavy atom. The van der Waals surface area contributed by atoms with Crippen molar-refractivity contribution in [1.29, 1.82) is 0 Å². The number of benzene rings is 2. The summed E-state index contributed by atoms with van der Waals surface area (Å²) in [6.07, 6.45) is 2.12. The van der Waals surface area contributed by atoms with Crippen LogP contribution in [-0.2, 0) is 14.8 Å². The van der Waals surface area contributed by atoms with E-state index >= 15 is 0 Å². The van der Waals surface area contributed by atoms with Crippen molar-refractivity contribution in [2.75, 3.05) is 25.2 Å². The summed E-state index contributed by atoms with van der Waals surface area (Å²) in [4.78, 5) is 12.4. The maximum Gasteiger partial charge on any atom is 0.244 e. The number of nitrogens with one attached hydrogen (secondary N) is 2. The number of hydrogen-bond acceptors (Lipinski definition) is 6. The molecule has 2 aromatic carbocycles. The maximum absolute atomic E-state index is 14.0. The van der Waals surface area contributed by atoms with Crippen LogP contribution in [0.5, 0.6) is 11.5 Å². The Kier molecular flexibility index (Phi) is 7.79. The number of carbonyl (C=O) groups excluding carboxylic acids is 1. The first kappa shape index (κ1) is 23.4. The lowest BCUT2D eigenvalue weighted by molar-refractivity contribution is -0.123. The van der Waals surface area contributed by atoms with E-state index in [4.69, 9.17) is 9.47 Å². The molecule has 1 aliphatic rings. The predicted molar refractivity (Wildman–Crippen MR) is 117 cm³/mol. The topological polar surface area (TPSA) is 93.7 Å². The number of sulfonamides is 1. The number of thioether (sulfide) groups is 1. The van der Waals surface area contributed by atoms with Gasteiger partial charge in [-0.3, -0.25) is 4.79 Å². The molecule has 2 atom stereocenters. The van der Waals surface area contributed by atoms with Crippen LogP contribution >= 0.6 is 11.8 Å². The standard InChI is InChI=1S/C21H25FN2O5S2/c1-14(15-7-8-18-19(13-15)29-11-10-28-18)23-21(25)17(9-12-30-2)24-31(26,27)20-6-4-3-5-16(20)22/h3-8,13-14,17,24H,9-12H2,1-2H3,(H,23,25)/t14-,17-/m0/s1. The number of fused-ring (bicyclic) bond motifs is 1. The Morgan fingerprint density at radius 1 is 1.16 bits per heavy atom. The first-order valence-electron chi connectivity index (χ1n) is 9.77. The van der Waals surface area contributed by atoms with Crippen molar-refractivity contribution in [3.63, 3.8) is 0 Å². The lowest BCUT2D eigenvalue weighted by atomic mass is 10.1. The molecule has 10 heteroatoms. The summed E-state index contributed by atoms with van der Waals surface area (Å²) in [6.45, 7) is 2.73. The maximum atomic E-state index is 14.0. The zero-order chi connectivity index (χ0) is 22.4. The molecule has 0 spiro atoms. The smallest absolute Gasteiger partial charge is 0.244 e. The molecule has 0 radical (unpaired) electrons. The SMILES string of the molecule is CSCC[C@H](NS(=O)(=O)c1ccccc1F)C(=O)N[C@@H](C)c1ccc2c(c1)OCCO2. The molecule has 0 aromatic heterocycles. The lowest BCUT2D eigenvalue weighted by Crippen LogP contribution is -2.47. The highest BCUT2D eigenvalue weighted by molar-refractivity contribution is 7.98. The normalized spacial score (nSPS) is 15.2. The highest BCUT2D eigenvalue weighted by Crippen LogP contribution is 2.32. The lowest BCUT2D eigenvalue weighted by Gasteiger charge is -2.23. The van der Waals surface area contributed by atoms with Gasteiger partial charge in [0, 0.05) is 0 Å². The van der Waals surface area contributed by atoms with Gasteiger partial charge in [-0.1, -0.05) is 18.2 Å². The van der Waals surface area contributed by atoms with Crippen molar-refractivity contribution >= 4 is 27.7 Å². The van der Waals surface area contributed by atoms with Crippen LogP contribution in [0.1, 0.15) is 24.9 Å². The Balaban J connectivity index is 1.74. The zero-order valence-corrected chi connectivity index (χ0v) is 18.9. The van der Waals surface area contributed by atoms with Crippen molar-refractivity contribution in [1.82, 2.24) is 10.0 Å². The number of ether oxygens (including phenoxy) is 2. The molecule has 2 N–H and O–H groups in total. The van der Waals surface area contributed by atoms with Gasteiger partial charge >= 0.3 is 0 Å². The Bertz CT molecular complexity index is 1030. The second-order valence-electron chi connectivity index (χ2n) is 7.02. The zero-order valence-electron chi connectivity index (χ0n) is 17.3. The summed E-state index contributed by atoms with van der Waals surface area (Å²) in [6, 6.07) is 9.00. The summed E-state index contributed by atoms with van der Waals surface area (Å²) in [7, 11) is -4.21. The van der Waals surface area contributed by atoms with Crippen LogP contribution in [0.2, 0.25) is 0 Å². The van der Waals surface area contributed by atoms with E-state index in [9.17, 15) is 17.6 Å². The number of amides is 1. The highest BCUT2D eigenvalue weighted by atomic mass is 32.2. The second-order valence-corrected chi connectivity index (χ2v) is 9.69. The molecule has 168 valence electrons. The van der Waals surface area contributed by atoms with E-state index in [0.717, 1.165) is 11.6 Å². The number of rotatable bonds is 9. The average Bonchev–Trinajstić information content (AvgIpc) is 2.76. The van der Waals surface area contributed by atoms with E-state index in [2.05, 4.69) is 10.0 Å². The van der Waals surface area contributed by atoms with Crippen molar-refractivity contribution in [2.45, 2.75) is 30.3 Å². The van der Waals surface area contributed by atoms with Gasteiger partial charge < -0.3 is 14.8 Å². The van der Waals surface area contributed by atoms with Gasteiger partial charge in [-0.25, -0.2) is 12.8 Å². The van der Waals surface area contributed by atoms with Crippen LogP contribution in [0, 0.1) is 5.82 Å². The first-order chi connectivity index (χ1) is 14.8. The van der Waals surface area contributed by atoms with E-state index in [1.807, 2.05) is 12.3 Å². The van der Waals surface area contributed by atoms with Gasteiger partial charge in [-0.05, 0) is 55.2 Å². The molecule has 7 nitrogen and oxygen atoms in total. The molecule has 0 saturated heterocycles. The van der Waals surface area contributed by atoms with E-state index in [1.165, 1.54) is 30.0 Å². The molecule has 1 heterocycles. The third-order valence-electron chi connectivity index (χ3n) is 4.78. The fraction of sp³-hybridized carbons (Fsp3) is 0.381.